The Balaban J connectivity index is 1.77. The minimum absolute atomic E-state index is 0.168. The number of imide groups is 1. The van der Waals surface area contributed by atoms with Crippen LogP contribution >= 0.6 is 15.9 Å². The Labute approximate surface area is 122 Å². The Morgan fingerprint density at radius 3 is 2.80 bits per heavy atom. The maximum atomic E-state index is 12.3. The average molecular weight is 339 g/mol. The van der Waals surface area contributed by atoms with Gasteiger partial charge in [0.1, 0.15) is 11.2 Å². The zero-order valence-corrected chi connectivity index (χ0v) is 11.9. The van der Waals surface area contributed by atoms with E-state index in [2.05, 4.69) is 31.5 Å². The van der Waals surface area contributed by atoms with Crippen molar-refractivity contribution in [3.63, 3.8) is 0 Å². The largest absolute Gasteiger partial charge is 0.334 e. The summed E-state index contributed by atoms with van der Waals surface area (Å²) in [5.74, 6) is -0.620. The fraction of sp³-hybridized carbons (Fsp3) is 0.333. The Morgan fingerprint density at radius 1 is 1.40 bits per heavy atom. The van der Waals surface area contributed by atoms with Crippen LogP contribution in [0.2, 0.25) is 0 Å². The van der Waals surface area contributed by atoms with Gasteiger partial charge in [-0.1, -0.05) is 0 Å². The SMILES string of the molecule is O=C1NC(=O)C2(CCN(C(=O)c3ccc(Br)cn3)C2)N1. The second-order valence-electron chi connectivity index (χ2n) is 4.83. The number of likely N-dealkylation sites (tertiary alicyclic amines) is 1. The number of hydrogen-bond acceptors (Lipinski definition) is 4. The van der Waals surface area contributed by atoms with Crippen molar-refractivity contribution in [2.24, 2.45) is 0 Å². The number of carbonyl (C=O) groups is 3. The molecule has 1 aromatic heterocycles. The van der Waals surface area contributed by atoms with Crippen LogP contribution in [0.5, 0.6) is 0 Å². The van der Waals surface area contributed by atoms with Crippen molar-refractivity contribution in [3.05, 3.63) is 28.5 Å². The summed E-state index contributed by atoms with van der Waals surface area (Å²) in [7, 11) is 0. The number of aromatic nitrogens is 1. The van der Waals surface area contributed by atoms with E-state index in [9.17, 15) is 14.4 Å². The Bertz CT molecular complexity index is 603. The summed E-state index contributed by atoms with van der Waals surface area (Å²) in [6.45, 7) is 0.575. The first kappa shape index (κ1) is 13.0. The molecular weight excluding hydrogens is 328 g/mol. The van der Waals surface area contributed by atoms with Gasteiger partial charge in [-0.2, -0.15) is 0 Å². The van der Waals surface area contributed by atoms with E-state index < -0.39 is 11.6 Å². The molecule has 2 aliphatic rings. The van der Waals surface area contributed by atoms with Gasteiger partial charge >= 0.3 is 6.03 Å². The third kappa shape index (κ3) is 2.05. The van der Waals surface area contributed by atoms with Crippen LogP contribution in [0, 0.1) is 0 Å². The summed E-state index contributed by atoms with van der Waals surface area (Å²) in [5.41, 5.74) is -0.669. The lowest BCUT2D eigenvalue weighted by atomic mass is 9.99. The number of halogens is 1. The highest BCUT2D eigenvalue weighted by Crippen LogP contribution is 2.25. The van der Waals surface area contributed by atoms with Gasteiger partial charge in [0.05, 0.1) is 6.54 Å². The summed E-state index contributed by atoms with van der Waals surface area (Å²) < 4.78 is 0.786. The number of rotatable bonds is 1. The summed E-state index contributed by atoms with van der Waals surface area (Å²) in [6.07, 6.45) is 1.95. The highest BCUT2D eigenvalue weighted by molar-refractivity contribution is 9.10. The predicted octanol–water partition coefficient (Wildman–Crippen LogP) is 0.268. The zero-order chi connectivity index (χ0) is 14.3. The van der Waals surface area contributed by atoms with Crippen LogP contribution in [0.4, 0.5) is 4.79 Å². The number of carbonyl (C=O) groups excluding carboxylic acids is 3. The molecule has 2 saturated heterocycles. The summed E-state index contributed by atoms with van der Waals surface area (Å²) in [4.78, 5) is 40.9. The minimum atomic E-state index is -0.984. The van der Waals surface area contributed by atoms with Crippen LogP contribution in [-0.2, 0) is 4.79 Å². The number of pyridine rings is 1. The number of nitrogens with zero attached hydrogens (tertiary/aromatic N) is 2. The fourth-order valence-electron chi connectivity index (χ4n) is 2.46. The molecule has 0 radical (unpaired) electrons. The molecule has 0 aliphatic carbocycles. The van der Waals surface area contributed by atoms with Crippen LogP contribution in [0.15, 0.2) is 22.8 Å². The molecule has 0 saturated carbocycles. The molecular formula is C12H11BrN4O3. The van der Waals surface area contributed by atoms with Gasteiger partial charge in [0.2, 0.25) is 0 Å². The minimum Gasteiger partial charge on any atom is -0.334 e. The van der Waals surface area contributed by atoms with E-state index in [-0.39, 0.29) is 18.4 Å². The molecule has 1 atom stereocenters. The summed E-state index contributed by atoms with van der Waals surface area (Å²) in [5, 5.41) is 4.81. The molecule has 2 aliphatic heterocycles. The molecule has 4 amide bonds. The molecule has 1 aromatic rings. The van der Waals surface area contributed by atoms with Crippen molar-refractivity contribution in [1.82, 2.24) is 20.5 Å². The lowest BCUT2D eigenvalue weighted by Gasteiger charge is -2.20. The van der Waals surface area contributed by atoms with Crippen LogP contribution in [0.3, 0.4) is 0 Å². The molecule has 1 spiro atoms. The van der Waals surface area contributed by atoms with Crippen molar-refractivity contribution in [3.8, 4) is 0 Å². The molecule has 2 fully saturated rings. The molecule has 8 heteroatoms. The van der Waals surface area contributed by atoms with E-state index in [4.69, 9.17) is 0 Å². The standard InChI is InChI=1S/C12H11BrN4O3/c13-7-1-2-8(14-5-7)9(18)17-4-3-12(6-17)10(19)15-11(20)16-12/h1-2,5H,3-4,6H2,(H2,15,16,19,20). The van der Waals surface area contributed by atoms with Gasteiger partial charge in [-0.25, -0.2) is 9.78 Å². The second-order valence-corrected chi connectivity index (χ2v) is 5.74. The van der Waals surface area contributed by atoms with Crippen molar-refractivity contribution < 1.29 is 14.4 Å². The Kier molecular flexibility index (Phi) is 2.97. The van der Waals surface area contributed by atoms with Crippen LogP contribution in [0.1, 0.15) is 16.9 Å². The summed E-state index contributed by atoms with van der Waals surface area (Å²) >= 11 is 3.25. The van der Waals surface area contributed by atoms with Gasteiger partial charge in [-0.05, 0) is 34.5 Å². The van der Waals surface area contributed by atoms with Crippen molar-refractivity contribution in [1.29, 1.82) is 0 Å². The van der Waals surface area contributed by atoms with E-state index >= 15 is 0 Å². The number of hydrogen-bond donors (Lipinski definition) is 2. The molecule has 1 unspecified atom stereocenters. The molecule has 2 N–H and O–H groups in total. The lowest BCUT2D eigenvalue weighted by molar-refractivity contribution is -0.123. The Hall–Kier alpha value is -1.96. The monoisotopic (exact) mass is 338 g/mol. The Morgan fingerprint density at radius 2 is 2.20 bits per heavy atom. The molecule has 20 heavy (non-hydrogen) atoms. The summed E-state index contributed by atoms with van der Waals surface area (Å²) in [6, 6.07) is 2.84. The third-order valence-electron chi connectivity index (χ3n) is 3.52. The first-order chi connectivity index (χ1) is 9.50. The van der Waals surface area contributed by atoms with Gasteiger partial charge < -0.3 is 10.2 Å². The maximum Gasteiger partial charge on any atom is 0.322 e. The van der Waals surface area contributed by atoms with Gasteiger partial charge in [0.25, 0.3) is 11.8 Å². The average Bonchev–Trinajstić information content (AvgIpc) is 2.95. The first-order valence-corrected chi connectivity index (χ1v) is 6.84. The normalized spacial score (nSPS) is 24.9. The number of amides is 4. The van der Waals surface area contributed by atoms with E-state index in [0.29, 0.717) is 18.7 Å². The molecule has 3 heterocycles. The molecule has 3 rings (SSSR count). The van der Waals surface area contributed by atoms with Crippen molar-refractivity contribution >= 4 is 33.8 Å². The van der Waals surface area contributed by atoms with Gasteiger partial charge in [-0.15, -0.1) is 0 Å². The van der Waals surface area contributed by atoms with Crippen LogP contribution in [-0.4, -0.2) is 46.4 Å². The number of nitrogens with one attached hydrogen (secondary N) is 2. The van der Waals surface area contributed by atoms with E-state index in [1.165, 1.54) is 4.90 Å². The van der Waals surface area contributed by atoms with Gasteiger partial charge in [0, 0.05) is 17.2 Å². The van der Waals surface area contributed by atoms with Crippen molar-refractivity contribution in [2.75, 3.05) is 13.1 Å². The van der Waals surface area contributed by atoms with Crippen molar-refractivity contribution in [2.45, 2.75) is 12.0 Å². The smallest absolute Gasteiger partial charge is 0.322 e. The van der Waals surface area contributed by atoms with Crippen LogP contribution < -0.4 is 10.6 Å². The second kappa shape index (κ2) is 4.55. The topological polar surface area (TPSA) is 91.4 Å². The van der Waals surface area contributed by atoms with Crippen LogP contribution in [0.25, 0.3) is 0 Å². The van der Waals surface area contributed by atoms with Gasteiger partial charge in [-0.3, -0.25) is 14.9 Å². The first-order valence-electron chi connectivity index (χ1n) is 6.05. The lowest BCUT2D eigenvalue weighted by Crippen LogP contribution is -2.49. The number of urea groups is 1. The quantitative estimate of drug-likeness (QED) is 0.719. The maximum absolute atomic E-state index is 12.3. The van der Waals surface area contributed by atoms with E-state index in [1.807, 2.05) is 0 Å². The predicted molar refractivity (Wildman–Crippen MR) is 71.9 cm³/mol. The molecule has 104 valence electrons. The fourth-order valence-corrected chi connectivity index (χ4v) is 2.70. The zero-order valence-electron chi connectivity index (χ0n) is 10.4. The highest BCUT2D eigenvalue weighted by Gasteiger charge is 2.51. The molecule has 0 bridgehead atoms. The van der Waals surface area contributed by atoms with E-state index in [0.717, 1.165) is 4.47 Å². The third-order valence-corrected chi connectivity index (χ3v) is 3.99. The van der Waals surface area contributed by atoms with E-state index in [1.54, 1.807) is 18.3 Å². The molecule has 0 aromatic carbocycles. The highest BCUT2D eigenvalue weighted by atomic mass is 79.9. The molecule has 7 nitrogen and oxygen atoms in total. The van der Waals surface area contributed by atoms with Gasteiger partial charge in [0.15, 0.2) is 0 Å².